The van der Waals surface area contributed by atoms with Gasteiger partial charge in [0.05, 0.1) is 16.3 Å². The van der Waals surface area contributed by atoms with Crippen molar-refractivity contribution in [3.63, 3.8) is 0 Å². The molecule has 0 fully saturated rings. The predicted octanol–water partition coefficient (Wildman–Crippen LogP) is 4.39. The Hall–Kier alpha value is -1.82. The zero-order valence-electron chi connectivity index (χ0n) is 13.1. The minimum atomic E-state index is 0.395. The van der Waals surface area contributed by atoms with Gasteiger partial charge < -0.3 is 10.1 Å². The van der Waals surface area contributed by atoms with Crippen LogP contribution in [-0.2, 0) is 6.61 Å². The summed E-state index contributed by atoms with van der Waals surface area (Å²) in [6.45, 7) is 3.07. The molecular weight excluding hydrogens is 365 g/mol. The van der Waals surface area contributed by atoms with E-state index in [1.807, 2.05) is 37.3 Å². The van der Waals surface area contributed by atoms with Crippen LogP contribution in [0.2, 0.25) is 10.0 Å². The Morgan fingerprint density at radius 3 is 2.50 bits per heavy atom. The molecule has 2 rings (SSSR count). The smallest absolute Gasteiger partial charge is 0.186 e. The van der Waals surface area contributed by atoms with Gasteiger partial charge in [-0.05, 0) is 42.4 Å². The minimum absolute atomic E-state index is 0.395. The monoisotopic (exact) mass is 381 g/mol. The number of nitrogens with zero attached hydrogens (tertiary/aromatic N) is 1. The van der Waals surface area contributed by atoms with E-state index in [0.29, 0.717) is 27.5 Å². The molecule has 2 aromatic carbocycles. The lowest BCUT2D eigenvalue weighted by molar-refractivity contribution is 0.306. The molecule has 0 aliphatic rings. The molecule has 24 heavy (non-hydrogen) atoms. The fraction of sp³-hybridized carbons (Fsp3) is 0.176. The number of hydrogen-bond acceptors (Lipinski definition) is 3. The van der Waals surface area contributed by atoms with E-state index in [-0.39, 0.29) is 0 Å². The summed E-state index contributed by atoms with van der Waals surface area (Å²) in [5.41, 5.74) is 4.48. The van der Waals surface area contributed by atoms with E-state index in [2.05, 4.69) is 15.8 Å². The van der Waals surface area contributed by atoms with Gasteiger partial charge in [0.1, 0.15) is 6.61 Å². The second-order valence-electron chi connectivity index (χ2n) is 4.82. The second kappa shape index (κ2) is 9.47. The number of halogens is 2. The average molecular weight is 382 g/mol. The molecule has 0 aromatic heterocycles. The fourth-order valence-corrected chi connectivity index (χ4v) is 2.70. The molecule has 0 saturated carbocycles. The van der Waals surface area contributed by atoms with Crippen molar-refractivity contribution in [2.45, 2.75) is 13.5 Å². The highest BCUT2D eigenvalue weighted by Crippen LogP contribution is 2.34. The Morgan fingerprint density at radius 1 is 1.21 bits per heavy atom. The molecule has 7 heteroatoms. The summed E-state index contributed by atoms with van der Waals surface area (Å²) in [4.78, 5) is 0. The van der Waals surface area contributed by atoms with Gasteiger partial charge in [0.25, 0.3) is 0 Å². The van der Waals surface area contributed by atoms with Gasteiger partial charge in [-0.15, -0.1) is 0 Å². The normalized spacial score (nSPS) is 10.6. The van der Waals surface area contributed by atoms with Gasteiger partial charge >= 0.3 is 0 Å². The molecule has 0 aliphatic heterocycles. The maximum absolute atomic E-state index is 6.26. The van der Waals surface area contributed by atoms with Crippen LogP contribution in [0.15, 0.2) is 47.6 Å². The van der Waals surface area contributed by atoms with E-state index in [4.69, 9.17) is 40.2 Å². The second-order valence-corrected chi connectivity index (χ2v) is 6.04. The molecule has 4 nitrogen and oxygen atoms in total. The van der Waals surface area contributed by atoms with Crippen molar-refractivity contribution in [1.82, 2.24) is 10.7 Å². The maximum Gasteiger partial charge on any atom is 0.186 e. The number of nitrogens with one attached hydrogen (secondary N) is 2. The van der Waals surface area contributed by atoms with Crippen molar-refractivity contribution in [1.29, 1.82) is 0 Å². The SMILES string of the molecule is CCNC(=S)N/N=C\c1cc(Cl)c(OCc2ccccc2)c(Cl)c1. The molecule has 0 amide bonds. The Bertz CT molecular complexity index is 700. The van der Waals surface area contributed by atoms with Crippen molar-refractivity contribution >= 4 is 46.7 Å². The van der Waals surface area contributed by atoms with E-state index < -0.39 is 0 Å². The molecule has 126 valence electrons. The summed E-state index contributed by atoms with van der Waals surface area (Å²) >= 11 is 17.5. The highest BCUT2D eigenvalue weighted by molar-refractivity contribution is 7.80. The summed E-state index contributed by atoms with van der Waals surface area (Å²) in [6.07, 6.45) is 1.59. The van der Waals surface area contributed by atoms with Crippen molar-refractivity contribution in [3.05, 3.63) is 63.6 Å². The van der Waals surface area contributed by atoms with Crippen LogP contribution in [0, 0.1) is 0 Å². The maximum atomic E-state index is 6.26. The lowest BCUT2D eigenvalue weighted by Crippen LogP contribution is -2.31. The minimum Gasteiger partial charge on any atom is -0.486 e. The molecule has 0 radical (unpaired) electrons. The van der Waals surface area contributed by atoms with E-state index in [1.54, 1.807) is 18.3 Å². The van der Waals surface area contributed by atoms with E-state index in [1.165, 1.54) is 0 Å². The Labute approximate surface area is 156 Å². The topological polar surface area (TPSA) is 45.7 Å². The highest BCUT2D eigenvalue weighted by atomic mass is 35.5. The van der Waals surface area contributed by atoms with Crippen molar-refractivity contribution in [2.24, 2.45) is 5.10 Å². The zero-order chi connectivity index (χ0) is 17.4. The summed E-state index contributed by atoms with van der Waals surface area (Å²) in [5.74, 6) is 0.454. The van der Waals surface area contributed by atoms with E-state index in [0.717, 1.165) is 17.7 Å². The third kappa shape index (κ3) is 5.67. The lowest BCUT2D eigenvalue weighted by Gasteiger charge is -2.11. The Balaban J connectivity index is 2.02. The summed E-state index contributed by atoms with van der Waals surface area (Å²) < 4.78 is 5.73. The first-order valence-electron chi connectivity index (χ1n) is 7.32. The molecule has 0 atom stereocenters. The fourth-order valence-electron chi connectivity index (χ4n) is 1.89. The number of benzene rings is 2. The standard InChI is InChI=1S/C17H17Cl2N3OS/c1-2-20-17(24)22-21-10-13-8-14(18)16(15(19)9-13)23-11-12-6-4-3-5-7-12/h3-10H,2,11H2,1H3,(H2,20,22,24)/b21-10-. The van der Waals surface area contributed by atoms with Crippen molar-refractivity contribution in [3.8, 4) is 5.75 Å². The third-order valence-corrected chi connectivity index (χ3v) is 3.76. The number of rotatable bonds is 6. The molecule has 0 aliphatic carbocycles. The summed E-state index contributed by atoms with van der Waals surface area (Å²) in [7, 11) is 0. The van der Waals surface area contributed by atoms with E-state index in [9.17, 15) is 0 Å². The van der Waals surface area contributed by atoms with Crippen LogP contribution in [0.25, 0.3) is 0 Å². The Kier molecular flexibility index (Phi) is 7.31. The van der Waals surface area contributed by atoms with E-state index >= 15 is 0 Å². The number of thiocarbonyl (C=S) groups is 1. The molecule has 0 unspecified atom stereocenters. The van der Waals surface area contributed by atoms with Gasteiger partial charge in [0, 0.05) is 6.54 Å². The molecule has 0 saturated heterocycles. The van der Waals surface area contributed by atoms with Crippen LogP contribution in [0.4, 0.5) is 0 Å². The molecular formula is C17H17Cl2N3OS. The summed E-state index contributed by atoms with van der Waals surface area (Å²) in [6, 6.07) is 13.3. The molecule has 0 spiro atoms. The molecule has 2 aromatic rings. The van der Waals surface area contributed by atoms with Crippen molar-refractivity contribution < 1.29 is 4.74 Å². The van der Waals surface area contributed by atoms with Gasteiger partial charge in [-0.1, -0.05) is 53.5 Å². The van der Waals surface area contributed by atoms with Crippen molar-refractivity contribution in [2.75, 3.05) is 6.54 Å². The van der Waals surface area contributed by atoms with Crippen LogP contribution in [0.3, 0.4) is 0 Å². The van der Waals surface area contributed by atoms with Gasteiger partial charge in [0.2, 0.25) is 0 Å². The molecule has 0 heterocycles. The highest BCUT2D eigenvalue weighted by Gasteiger charge is 2.09. The number of hydrogen-bond donors (Lipinski definition) is 2. The zero-order valence-corrected chi connectivity index (χ0v) is 15.4. The van der Waals surface area contributed by atoms with Gasteiger partial charge in [-0.25, -0.2) is 0 Å². The first kappa shape index (κ1) is 18.5. The quantitative estimate of drug-likeness (QED) is 0.442. The molecule has 2 N–H and O–H groups in total. The van der Waals surface area contributed by atoms with Gasteiger partial charge in [-0.3, -0.25) is 5.43 Å². The number of hydrazone groups is 1. The van der Waals surface area contributed by atoms with Crippen LogP contribution >= 0.6 is 35.4 Å². The lowest BCUT2D eigenvalue weighted by atomic mass is 10.2. The van der Waals surface area contributed by atoms with Gasteiger partial charge in [0.15, 0.2) is 10.9 Å². The van der Waals surface area contributed by atoms with Crippen LogP contribution in [0.5, 0.6) is 5.75 Å². The van der Waals surface area contributed by atoms with Crippen LogP contribution in [-0.4, -0.2) is 17.9 Å². The molecule has 0 bridgehead atoms. The predicted molar refractivity (Wildman–Crippen MR) is 104 cm³/mol. The summed E-state index contributed by atoms with van der Waals surface area (Å²) in [5, 5.41) is 8.26. The number of ether oxygens (including phenoxy) is 1. The Morgan fingerprint density at radius 2 is 1.88 bits per heavy atom. The van der Waals surface area contributed by atoms with Crippen LogP contribution < -0.4 is 15.5 Å². The first-order valence-corrected chi connectivity index (χ1v) is 8.49. The largest absolute Gasteiger partial charge is 0.486 e. The van der Waals surface area contributed by atoms with Gasteiger partial charge in [-0.2, -0.15) is 5.10 Å². The first-order chi connectivity index (χ1) is 11.6. The van der Waals surface area contributed by atoms with Crippen LogP contribution in [0.1, 0.15) is 18.1 Å². The average Bonchev–Trinajstić information content (AvgIpc) is 2.55. The third-order valence-electron chi connectivity index (χ3n) is 2.96.